The van der Waals surface area contributed by atoms with Crippen molar-refractivity contribution in [2.24, 2.45) is 0 Å². The third kappa shape index (κ3) is 2.23. The van der Waals surface area contributed by atoms with Crippen LogP contribution in [0, 0.1) is 6.92 Å². The van der Waals surface area contributed by atoms with Crippen LogP contribution in [0.3, 0.4) is 0 Å². The quantitative estimate of drug-likeness (QED) is 0.830. The van der Waals surface area contributed by atoms with Crippen LogP contribution in [0.2, 0.25) is 0 Å². The molecule has 1 atom stereocenters. The fourth-order valence-corrected chi connectivity index (χ4v) is 2.56. The van der Waals surface area contributed by atoms with Gasteiger partial charge >= 0.3 is 0 Å². The number of pyridine rings is 1. The molecule has 0 saturated carbocycles. The highest BCUT2D eigenvalue weighted by molar-refractivity contribution is 5.77. The Bertz CT molecular complexity index is 547. The standard InChI is InChI=1S/C13H19N5/c1-9-7-18(4-3-14-9)8-11-5-12-10(2)16-17-13(12)15-6-11/h5-6,9,14H,3-4,7-8H2,1-2H3,(H,15,16,17). The Morgan fingerprint density at radius 3 is 3.22 bits per heavy atom. The molecule has 0 aromatic carbocycles. The zero-order valence-corrected chi connectivity index (χ0v) is 10.9. The molecular formula is C13H19N5. The summed E-state index contributed by atoms with van der Waals surface area (Å²) in [5.74, 6) is 0. The minimum Gasteiger partial charge on any atom is -0.312 e. The molecule has 2 aromatic rings. The summed E-state index contributed by atoms with van der Waals surface area (Å²) in [5.41, 5.74) is 3.17. The minimum absolute atomic E-state index is 0.575. The summed E-state index contributed by atoms with van der Waals surface area (Å²) >= 11 is 0. The van der Waals surface area contributed by atoms with Gasteiger partial charge in [-0.05, 0) is 25.5 Å². The lowest BCUT2D eigenvalue weighted by Gasteiger charge is -2.31. The van der Waals surface area contributed by atoms with Crippen LogP contribution in [-0.4, -0.2) is 45.8 Å². The summed E-state index contributed by atoms with van der Waals surface area (Å²) in [6.45, 7) is 8.51. The van der Waals surface area contributed by atoms with E-state index in [-0.39, 0.29) is 0 Å². The molecule has 5 heteroatoms. The minimum atomic E-state index is 0.575. The third-order valence-corrected chi connectivity index (χ3v) is 3.52. The Kier molecular flexibility index (Phi) is 3.01. The Labute approximate surface area is 107 Å². The molecule has 0 aliphatic carbocycles. The van der Waals surface area contributed by atoms with Gasteiger partial charge in [-0.15, -0.1) is 0 Å². The second kappa shape index (κ2) is 4.66. The van der Waals surface area contributed by atoms with Gasteiger partial charge in [-0.3, -0.25) is 10.00 Å². The summed E-state index contributed by atoms with van der Waals surface area (Å²) in [4.78, 5) is 6.87. The zero-order valence-electron chi connectivity index (χ0n) is 10.9. The maximum absolute atomic E-state index is 4.40. The van der Waals surface area contributed by atoms with Crippen LogP contribution < -0.4 is 5.32 Å². The highest BCUT2D eigenvalue weighted by Crippen LogP contribution is 2.16. The van der Waals surface area contributed by atoms with E-state index in [9.17, 15) is 0 Å². The fourth-order valence-electron chi connectivity index (χ4n) is 2.56. The van der Waals surface area contributed by atoms with Crippen LogP contribution in [0.4, 0.5) is 0 Å². The van der Waals surface area contributed by atoms with Gasteiger partial charge in [0.05, 0.1) is 0 Å². The Morgan fingerprint density at radius 2 is 2.39 bits per heavy atom. The molecule has 18 heavy (non-hydrogen) atoms. The van der Waals surface area contributed by atoms with E-state index < -0.39 is 0 Å². The van der Waals surface area contributed by atoms with Crippen molar-refractivity contribution >= 4 is 11.0 Å². The first kappa shape index (κ1) is 11.6. The van der Waals surface area contributed by atoms with Gasteiger partial charge in [0.25, 0.3) is 0 Å². The number of rotatable bonds is 2. The number of hydrogen-bond acceptors (Lipinski definition) is 4. The highest BCUT2D eigenvalue weighted by Gasteiger charge is 2.16. The van der Waals surface area contributed by atoms with Crippen molar-refractivity contribution in [2.75, 3.05) is 19.6 Å². The molecule has 2 aromatic heterocycles. The van der Waals surface area contributed by atoms with Gasteiger partial charge in [0.1, 0.15) is 0 Å². The van der Waals surface area contributed by atoms with E-state index in [1.165, 1.54) is 5.56 Å². The number of aromatic nitrogens is 3. The maximum Gasteiger partial charge on any atom is 0.181 e. The molecule has 0 bridgehead atoms. The lowest BCUT2D eigenvalue weighted by atomic mass is 10.1. The van der Waals surface area contributed by atoms with Crippen molar-refractivity contribution in [1.29, 1.82) is 0 Å². The summed E-state index contributed by atoms with van der Waals surface area (Å²) in [6.07, 6.45) is 1.94. The molecule has 1 aliphatic heterocycles. The van der Waals surface area contributed by atoms with Gasteiger partial charge in [0.2, 0.25) is 0 Å². The number of fused-ring (bicyclic) bond motifs is 1. The average Bonchev–Trinajstić information content (AvgIpc) is 2.71. The molecule has 3 rings (SSSR count). The first-order valence-electron chi connectivity index (χ1n) is 6.48. The van der Waals surface area contributed by atoms with Crippen molar-refractivity contribution in [1.82, 2.24) is 25.4 Å². The van der Waals surface area contributed by atoms with Gasteiger partial charge in [0, 0.05) is 49.5 Å². The molecule has 96 valence electrons. The molecule has 1 unspecified atom stereocenters. The number of piperazine rings is 1. The largest absolute Gasteiger partial charge is 0.312 e. The van der Waals surface area contributed by atoms with E-state index in [4.69, 9.17) is 0 Å². The monoisotopic (exact) mass is 245 g/mol. The van der Waals surface area contributed by atoms with Gasteiger partial charge in [-0.2, -0.15) is 5.10 Å². The average molecular weight is 245 g/mol. The van der Waals surface area contributed by atoms with Crippen LogP contribution in [-0.2, 0) is 6.54 Å². The van der Waals surface area contributed by atoms with Crippen LogP contribution in [0.1, 0.15) is 18.2 Å². The van der Waals surface area contributed by atoms with Gasteiger partial charge in [-0.1, -0.05) is 0 Å². The highest BCUT2D eigenvalue weighted by atomic mass is 15.2. The van der Waals surface area contributed by atoms with Crippen LogP contribution >= 0.6 is 0 Å². The van der Waals surface area contributed by atoms with Crippen LogP contribution in [0.25, 0.3) is 11.0 Å². The summed E-state index contributed by atoms with van der Waals surface area (Å²) in [7, 11) is 0. The molecule has 1 saturated heterocycles. The molecular weight excluding hydrogens is 226 g/mol. The number of aryl methyl sites for hydroxylation is 1. The summed E-state index contributed by atoms with van der Waals surface area (Å²) in [5, 5.41) is 11.7. The van der Waals surface area contributed by atoms with Gasteiger partial charge in [0.15, 0.2) is 5.65 Å². The SMILES string of the molecule is Cc1[nH]nc2ncc(CN3CCNC(C)C3)cc12. The molecule has 2 N–H and O–H groups in total. The van der Waals surface area contributed by atoms with Crippen molar-refractivity contribution in [2.45, 2.75) is 26.4 Å². The molecule has 0 radical (unpaired) electrons. The van der Waals surface area contributed by atoms with E-state index in [1.807, 2.05) is 13.1 Å². The molecule has 0 spiro atoms. The molecule has 1 aliphatic rings. The number of aromatic amines is 1. The van der Waals surface area contributed by atoms with Crippen LogP contribution in [0.15, 0.2) is 12.3 Å². The smallest absolute Gasteiger partial charge is 0.181 e. The first-order chi connectivity index (χ1) is 8.72. The predicted octanol–water partition coefficient (Wildman–Crippen LogP) is 1.06. The second-order valence-corrected chi connectivity index (χ2v) is 5.15. The van der Waals surface area contributed by atoms with E-state index in [0.717, 1.165) is 42.9 Å². The zero-order chi connectivity index (χ0) is 12.5. The van der Waals surface area contributed by atoms with Crippen LogP contribution in [0.5, 0.6) is 0 Å². The molecule has 0 amide bonds. The Hall–Kier alpha value is -1.46. The van der Waals surface area contributed by atoms with Crippen molar-refractivity contribution in [3.63, 3.8) is 0 Å². The lowest BCUT2D eigenvalue weighted by Crippen LogP contribution is -2.48. The predicted molar refractivity (Wildman–Crippen MR) is 71.4 cm³/mol. The molecule has 5 nitrogen and oxygen atoms in total. The Morgan fingerprint density at radius 1 is 1.50 bits per heavy atom. The van der Waals surface area contributed by atoms with E-state index >= 15 is 0 Å². The number of hydrogen-bond donors (Lipinski definition) is 2. The normalized spacial score (nSPS) is 21.6. The van der Waals surface area contributed by atoms with E-state index in [1.54, 1.807) is 0 Å². The van der Waals surface area contributed by atoms with Crippen molar-refractivity contribution in [3.05, 3.63) is 23.5 Å². The van der Waals surface area contributed by atoms with Gasteiger partial charge < -0.3 is 5.32 Å². The summed E-state index contributed by atoms with van der Waals surface area (Å²) < 4.78 is 0. The first-order valence-corrected chi connectivity index (χ1v) is 6.48. The third-order valence-electron chi connectivity index (χ3n) is 3.52. The van der Waals surface area contributed by atoms with E-state index in [2.05, 4.69) is 38.4 Å². The van der Waals surface area contributed by atoms with Gasteiger partial charge in [-0.25, -0.2) is 4.98 Å². The molecule has 1 fully saturated rings. The summed E-state index contributed by atoms with van der Waals surface area (Å²) in [6, 6.07) is 2.78. The maximum atomic E-state index is 4.40. The Balaban J connectivity index is 1.79. The van der Waals surface area contributed by atoms with Crippen molar-refractivity contribution < 1.29 is 0 Å². The lowest BCUT2D eigenvalue weighted by molar-refractivity contribution is 0.199. The fraction of sp³-hybridized carbons (Fsp3) is 0.538. The number of nitrogens with one attached hydrogen (secondary N) is 2. The number of nitrogens with zero attached hydrogens (tertiary/aromatic N) is 3. The van der Waals surface area contributed by atoms with Crippen molar-refractivity contribution in [3.8, 4) is 0 Å². The second-order valence-electron chi connectivity index (χ2n) is 5.15. The van der Waals surface area contributed by atoms with E-state index in [0.29, 0.717) is 6.04 Å². The number of H-pyrrole nitrogens is 1. The molecule has 3 heterocycles. The topological polar surface area (TPSA) is 56.8 Å².